The van der Waals surface area contributed by atoms with Gasteiger partial charge < -0.3 is 24.8 Å². The minimum atomic E-state index is 0. The maximum Gasteiger partial charge on any atom is 0.191 e. The van der Waals surface area contributed by atoms with Crippen molar-refractivity contribution in [3.05, 3.63) is 23.8 Å². The molecule has 8 heteroatoms. The molecule has 0 spiro atoms. The average Bonchev–Trinajstić information content (AvgIpc) is 2.74. The number of nitrogens with one attached hydrogen (secondary N) is 2. The fourth-order valence-corrected chi connectivity index (χ4v) is 3.45. The minimum Gasteiger partial charge on any atom is -0.493 e. The largest absolute Gasteiger partial charge is 0.493 e. The van der Waals surface area contributed by atoms with Gasteiger partial charge in [-0.15, -0.1) is 24.0 Å². The summed E-state index contributed by atoms with van der Waals surface area (Å²) in [5.74, 6) is 2.43. The van der Waals surface area contributed by atoms with Crippen LogP contribution in [-0.2, 0) is 11.2 Å². The van der Waals surface area contributed by atoms with E-state index in [4.69, 9.17) is 14.2 Å². The highest BCUT2D eigenvalue weighted by Gasteiger charge is 2.28. The molecule has 0 amide bonds. The molecule has 0 saturated carbocycles. The molecule has 0 unspecified atom stereocenters. The highest BCUT2D eigenvalue weighted by atomic mass is 127. The van der Waals surface area contributed by atoms with Crippen molar-refractivity contribution in [1.82, 2.24) is 15.5 Å². The van der Waals surface area contributed by atoms with Crippen molar-refractivity contribution in [2.24, 2.45) is 4.99 Å². The van der Waals surface area contributed by atoms with Gasteiger partial charge in [0.2, 0.25) is 0 Å². The Balaban J connectivity index is 0.00000450. The molecule has 1 fully saturated rings. The molecular formula is C22H39IN4O3. The molecule has 30 heavy (non-hydrogen) atoms. The van der Waals surface area contributed by atoms with Gasteiger partial charge in [0, 0.05) is 38.8 Å². The predicted molar refractivity (Wildman–Crippen MR) is 134 cm³/mol. The van der Waals surface area contributed by atoms with Crippen LogP contribution in [0, 0.1) is 0 Å². The van der Waals surface area contributed by atoms with Crippen molar-refractivity contribution in [1.29, 1.82) is 0 Å². The van der Waals surface area contributed by atoms with Gasteiger partial charge in [-0.25, -0.2) is 0 Å². The summed E-state index contributed by atoms with van der Waals surface area (Å²) in [7, 11) is 3.48. The van der Waals surface area contributed by atoms with Crippen LogP contribution >= 0.6 is 24.0 Å². The average molecular weight is 534 g/mol. The van der Waals surface area contributed by atoms with E-state index in [1.165, 1.54) is 5.56 Å². The predicted octanol–water partition coefficient (Wildman–Crippen LogP) is 2.92. The first-order valence-electron chi connectivity index (χ1n) is 10.6. The Labute approximate surface area is 199 Å². The molecule has 0 aliphatic carbocycles. The van der Waals surface area contributed by atoms with E-state index in [-0.39, 0.29) is 29.5 Å². The second kappa shape index (κ2) is 13.9. The molecule has 1 aliphatic rings. The number of rotatable bonds is 10. The second-order valence-corrected chi connectivity index (χ2v) is 7.79. The van der Waals surface area contributed by atoms with Gasteiger partial charge in [0.1, 0.15) is 0 Å². The Hall–Kier alpha value is -1.26. The summed E-state index contributed by atoms with van der Waals surface area (Å²) in [6, 6.07) is 6.14. The Bertz CT molecular complexity index is 649. The van der Waals surface area contributed by atoms with Crippen LogP contribution in [0.3, 0.4) is 0 Å². The number of halogens is 1. The summed E-state index contributed by atoms with van der Waals surface area (Å²) >= 11 is 0. The molecular weight excluding hydrogens is 495 g/mol. The van der Waals surface area contributed by atoms with Gasteiger partial charge in [0.25, 0.3) is 0 Å². The summed E-state index contributed by atoms with van der Waals surface area (Å²) in [6.07, 6.45) is 1.97. The molecule has 0 atom stereocenters. The lowest BCUT2D eigenvalue weighted by Crippen LogP contribution is -2.56. The van der Waals surface area contributed by atoms with E-state index in [1.807, 2.05) is 20.0 Å². The van der Waals surface area contributed by atoms with E-state index < -0.39 is 0 Å². The number of hydrogen-bond donors (Lipinski definition) is 2. The first-order valence-corrected chi connectivity index (χ1v) is 10.6. The van der Waals surface area contributed by atoms with Crippen LogP contribution in [0.1, 0.15) is 32.8 Å². The SMILES string of the molecule is CCOc1cc(CCCNC(=NC)NCC(C)(C)N2CCOCC2)ccc1OC.I. The number of guanidine groups is 1. The lowest BCUT2D eigenvalue weighted by Gasteiger charge is -2.41. The zero-order chi connectivity index (χ0) is 21.1. The van der Waals surface area contributed by atoms with Crippen LogP contribution < -0.4 is 20.1 Å². The molecule has 0 radical (unpaired) electrons. The second-order valence-electron chi connectivity index (χ2n) is 7.79. The zero-order valence-corrected chi connectivity index (χ0v) is 21.5. The fourth-order valence-electron chi connectivity index (χ4n) is 3.45. The van der Waals surface area contributed by atoms with Gasteiger partial charge in [-0.3, -0.25) is 9.89 Å². The monoisotopic (exact) mass is 534 g/mol. The van der Waals surface area contributed by atoms with Gasteiger partial charge in [0.05, 0.1) is 26.9 Å². The molecule has 2 rings (SSSR count). The summed E-state index contributed by atoms with van der Waals surface area (Å²) < 4.78 is 16.5. The third kappa shape index (κ3) is 8.47. The summed E-state index contributed by atoms with van der Waals surface area (Å²) in [5, 5.41) is 6.88. The number of nitrogens with zero attached hydrogens (tertiary/aromatic N) is 2. The topological polar surface area (TPSA) is 67.4 Å². The maximum atomic E-state index is 5.66. The lowest BCUT2D eigenvalue weighted by atomic mass is 10.0. The van der Waals surface area contributed by atoms with Crippen LogP contribution in [0.25, 0.3) is 0 Å². The number of methoxy groups -OCH3 is 1. The van der Waals surface area contributed by atoms with Crippen molar-refractivity contribution in [2.75, 3.05) is 60.2 Å². The van der Waals surface area contributed by atoms with Crippen LogP contribution in [0.15, 0.2) is 23.2 Å². The molecule has 0 aromatic heterocycles. The number of hydrogen-bond acceptors (Lipinski definition) is 5. The van der Waals surface area contributed by atoms with E-state index in [9.17, 15) is 0 Å². The van der Waals surface area contributed by atoms with Crippen LogP contribution in [-0.4, -0.2) is 76.6 Å². The third-order valence-electron chi connectivity index (χ3n) is 5.24. The molecule has 1 aliphatic heterocycles. The number of morpholine rings is 1. The number of aliphatic imine (C=N–C) groups is 1. The van der Waals surface area contributed by atoms with Crippen LogP contribution in [0.4, 0.5) is 0 Å². The standard InChI is InChI=1S/C22H38N4O3.HI/c1-6-29-20-16-18(9-10-19(20)27-5)8-7-11-24-21(23-4)25-17-22(2,3)26-12-14-28-15-13-26;/h9-10,16H,6-8,11-15,17H2,1-5H3,(H2,23,24,25);1H. The molecule has 1 heterocycles. The maximum absolute atomic E-state index is 5.66. The zero-order valence-electron chi connectivity index (χ0n) is 19.1. The number of aryl methyl sites for hydroxylation is 1. The molecule has 1 saturated heterocycles. The Morgan fingerprint density at radius 1 is 1.20 bits per heavy atom. The van der Waals surface area contributed by atoms with Gasteiger partial charge in [-0.1, -0.05) is 6.07 Å². The van der Waals surface area contributed by atoms with Gasteiger partial charge >= 0.3 is 0 Å². The van der Waals surface area contributed by atoms with Gasteiger partial charge in [-0.05, 0) is 51.3 Å². The molecule has 7 nitrogen and oxygen atoms in total. The Morgan fingerprint density at radius 3 is 2.57 bits per heavy atom. The Kier molecular flexibility index (Phi) is 12.4. The number of benzene rings is 1. The summed E-state index contributed by atoms with van der Waals surface area (Å²) in [6.45, 7) is 12.4. The van der Waals surface area contributed by atoms with Crippen LogP contribution in [0.2, 0.25) is 0 Å². The normalized spacial score (nSPS) is 15.3. The van der Waals surface area contributed by atoms with Crippen molar-refractivity contribution in [3.8, 4) is 11.5 Å². The van der Waals surface area contributed by atoms with E-state index >= 15 is 0 Å². The Morgan fingerprint density at radius 2 is 1.93 bits per heavy atom. The highest BCUT2D eigenvalue weighted by Crippen LogP contribution is 2.28. The van der Waals surface area contributed by atoms with Crippen LogP contribution in [0.5, 0.6) is 11.5 Å². The molecule has 1 aromatic rings. The van der Waals surface area contributed by atoms with E-state index in [0.29, 0.717) is 6.61 Å². The summed E-state index contributed by atoms with van der Waals surface area (Å²) in [4.78, 5) is 6.83. The van der Waals surface area contributed by atoms with Gasteiger partial charge in [-0.2, -0.15) is 0 Å². The number of ether oxygens (including phenoxy) is 3. The first-order chi connectivity index (χ1) is 14.0. The first kappa shape index (κ1) is 26.8. The third-order valence-corrected chi connectivity index (χ3v) is 5.24. The molecule has 0 bridgehead atoms. The van der Waals surface area contributed by atoms with E-state index in [0.717, 1.165) is 69.7 Å². The van der Waals surface area contributed by atoms with E-state index in [2.05, 4.69) is 46.5 Å². The van der Waals surface area contributed by atoms with Crippen molar-refractivity contribution in [3.63, 3.8) is 0 Å². The quantitative estimate of drug-likeness (QED) is 0.208. The molecule has 2 N–H and O–H groups in total. The van der Waals surface area contributed by atoms with Crippen molar-refractivity contribution in [2.45, 2.75) is 39.2 Å². The smallest absolute Gasteiger partial charge is 0.191 e. The van der Waals surface area contributed by atoms with Gasteiger partial charge in [0.15, 0.2) is 17.5 Å². The van der Waals surface area contributed by atoms with Crippen molar-refractivity contribution >= 4 is 29.9 Å². The minimum absolute atomic E-state index is 0. The summed E-state index contributed by atoms with van der Waals surface area (Å²) in [5.41, 5.74) is 1.30. The highest BCUT2D eigenvalue weighted by molar-refractivity contribution is 14.0. The molecule has 172 valence electrons. The van der Waals surface area contributed by atoms with E-state index in [1.54, 1.807) is 7.11 Å². The lowest BCUT2D eigenvalue weighted by molar-refractivity contribution is -0.00833. The fraction of sp³-hybridized carbons (Fsp3) is 0.682. The molecule has 1 aromatic carbocycles. The van der Waals surface area contributed by atoms with Crippen molar-refractivity contribution < 1.29 is 14.2 Å².